The number of oxime groups is 1. The van der Waals surface area contributed by atoms with Gasteiger partial charge in [0.2, 0.25) is 0 Å². The number of amidine groups is 1. The van der Waals surface area contributed by atoms with E-state index in [1.54, 1.807) is 0 Å². The molecule has 1 aromatic rings. The van der Waals surface area contributed by atoms with E-state index in [-0.39, 0.29) is 5.84 Å². The van der Waals surface area contributed by atoms with Gasteiger partial charge in [-0.05, 0) is 19.7 Å². The third kappa shape index (κ3) is 4.17. The van der Waals surface area contributed by atoms with Crippen LogP contribution < -0.4 is 11.1 Å². The lowest BCUT2D eigenvalue weighted by atomic mass is 10.1. The minimum atomic E-state index is 0.155. The third-order valence-corrected chi connectivity index (χ3v) is 4.08. The second-order valence-electron chi connectivity index (χ2n) is 5.67. The summed E-state index contributed by atoms with van der Waals surface area (Å²) in [7, 11) is 4.33. The molecule has 6 nitrogen and oxygen atoms in total. The largest absolute Gasteiger partial charge is 0.409 e. The Balaban J connectivity index is 1.92. The Morgan fingerprint density at radius 3 is 2.90 bits per heavy atom. The van der Waals surface area contributed by atoms with E-state index in [4.69, 9.17) is 10.9 Å². The molecule has 21 heavy (non-hydrogen) atoms. The number of hydrogen-bond donors (Lipinski definition) is 3. The van der Waals surface area contributed by atoms with Crippen LogP contribution >= 0.6 is 0 Å². The summed E-state index contributed by atoms with van der Waals surface area (Å²) in [5.74, 6) is 0.155. The van der Waals surface area contributed by atoms with Crippen molar-refractivity contribution in [1.29, 1.82) is 0 Å². The molecule has 116 valence electrons. The number of rotatable bonds is 5. The highest BCUT2D eigenvalue weighted by Crippen LogP contribution is 2.09. The quantitative estimate of drug-likeness (QED) is 0.311. The van der Waals surface area contributed by atoms with Gasteiger partial charge in [-0.15, -0.1) is 0 Å². The van der Waals surface area contributed by atoms with Gasteiger partial charge in [0, 0.05) is 44.3 Å². The molecule has 1 saturated heterocycles. The molecule has 2 rings (SSSR count). The molecule has 1 unspecified atom stereocenters. The maximum absolute atomic E-state index is 8.84. The lowest BCUT2D eigenvalue weighted by Crippen LogP contribution is -2.53. The minimum Gasteiger partial charge on any atom is -0.409 e. The van der Waals surface area contributed by atoms with E-state index in [1.807, 2.05) is 24.3 Å². The smallest absolute Gasteiger partial charge is 0.170 e. The zero-order valence-electron chi connectivity index (χ0n) is 12.8. The Kier molecular flexibility index (Phi) is 5.55. The average molecular weight is 291 g/mol. The SMILES string of the molecule is CN1CCN(C)C(CNCc2ccccc2C(N)=NO)C1. The van der Waals surface area contributed by atoms with Crippen LogP contribution in [-0.4, -0.2) is 67.2 Å². The molecule has 0 bridgehead atoms. The number of benzene rings is 1. The fraction of sp³-hybridized carbons (Fsp3) is 0.533. The zero-order chi connectivity index (χ0) is 15.2. The maximum Gasteiger partial charge on any atom is 0.170 e. The fourth-order valence-corrected chi connectivity index (χ4v) is 2.67. The van der Waals surface area contributed by atoms with Crippen molar-refractivity contribution in [3.8, 4) is 0 Å². The minimum absolute atomic E-state index is 0.155. The molecule has 1 heterocycles. The average Bonchev–Trinajstić information content (AvgIpc) is 2.50. The van der Waals surface area contributed by atoms with Crippen LogP contribution in [0.2, 0.25) is 0 Å². The Bertz CT molecular complexity index is 491. The van der Waals surface area contributed by atoms with Crippen molar-refractivity contribution in [3.63, 3.8) is 0 Å². The first-order chi connectivity index (χ1) is 10.1. The molecule has 0 amide bonds. The van der Waals surface area contributed by atoms with Gasteiger partial charge in [0.05, 0.1) is 0 Å². The zero-order valence-corrected chi connectivity index (χ0v) is 12.8. The highest BCUT2D eigenvalue weighted by Gasteiger charge is 2.21. The van der Waals surface area contributed by atoms with Gasteiger partial charge in [-0.25, -0.2) is 0 Å². The van der Waals surface area contributed by atoms with Gasteiger partial charge in [-0.1, -0.05) is 29.4 Å². The van der Waals surface area contributed by atoms with Gasteiger partial charge in [0.25, 0.3) is 0 Å². The van der Waals surface area contributed by atoms with Crippen molar-refractivity contribution < 1.29 is 5.21 Å². The summed E-state index contributed by atoms with van der Waals surface area (Å²) in [6.07, 6.45) is 0. The fourth-order valence-electron chi connectivity index (χ4n) is 2.67. The van der Waals surface area contributed by atoms with E-state index in [0.717, 1.165) is 37.3 Å². The molecule has 1 aromatic carbocycles. The van der Waals surface area contributed by atoms with Gasteiger partial charge in [-0.3, -0.25) is 4.90 Å². The second-order valence-corrected chi connectivity index (χ2v) is 5.67. The summed E-state index contributed by atoms with van der Waals surface area (Å²) in [4.78, 5) is 4.75. The summed E-state index contributed by atoms with van der Waals surface area (Å²) in [6, 6.07) is 8.23. The number of nitrogens with one attached hydrogen (secondary N) is 1. The van der Waals surface area contributed by atoms with E-state index in [2.05, 4.69) is 34.4 Å². The maximum atomic E-state index is 8.84. The summed E-state index contributed by atoms with van der Waals surface area (Å²) < 4.78 is 0. The van der Waals surface area contributed by atoms with Crippen LogP contribution in [0.15, 0.2) is 29.4 Å². The summed E-state index contributed by atoms with van der Waals surface area (Å²) in [6.45, 7) is 4.93. The van der Waals surface area contributed by atoms with E-state index >= 15 is 0 Å². The molecule has 6 heteroatoms. The van der Waals surface area contributed by atoms with Gasteiger partial charge in [-0.2, -0.15) is 0 Å². The summed E-state index contributed by atoms with van der Waals surface area (Å²) in [5, 5.41) is 15.4. The monoisotopic (exact) mass is 291 g/mol. The number of nitrogens with zero attached hydrogens (tertiary/aromatic N) is 3. The lowest BCUT2D eigenvalue weighted by molar-refractivity contribution is 0.113. The van der Waals surface area contributed by atoms with Crippen molar-refractivity contribution in [3.05, 3.63) is 35.4 Å². The standard InChI is InChI=1S/C15H25N5O/c1-19-7-8-20(2)13(11-19)10-17-9-12-5-3-4-6-14(12)15(16)18-21/h3-6,13,17,21H,7-11H2,1-2H3,(H2,16,18). The van der Waals surface area contributed by atoms with Crippen LogP contribution in [-0.2, 0) is 6.54 Å². The second kappa shape index (κ2) is 7.40. The van der Waals surface area contributed by atoms with E-state index in [0.29, 0.717) is 12.6 Å². The molecule has 4 N–H and O–H groups in total. The van der Waals surface area contributed by atoms with Crippen molar-refractivity contribution in [2.45, 2.75) is 12.6 Å². The van der Waals surface area contributed by atoms with Gasteiger partial charge < -0.3 is 21.2 Å². The molecule has 1 aliphatic rings. The Morgan fingerprint density at radius 1 is 1.38 bits per heavy atom. The first-order valence-corrected chi connectivity index (χ1v) is 7.27. The predicted molar refractivity (Wildman–Crippen MR) is 84.6 cm³/mol. The number of hydrogen-bond acceptors (Lipinski definition) is 5. The topological polar surface area (TPSA) is 77.1 Å². The van der Waals surface area contributed by atoms with Crippen LogP contribution in [0.4, 0.5) is 0 Å². The van der Waals surface area contributed by atoms with Crippen LogP contribution in [0.1, 0.15) is 11.1 Å². The van der Waals surface area contributed by atoms with Crippen molar-refractivity contribution in [1.82, 2.24) is 15.1 Å². The van der Waals surface area contributed by atoms with Gasteiger partial charge in [0.1, 0.15) is 0 Å². The van der Waals surface area contributed by atoms with Crippen LogP contribution in [0.3, 0.4) is 0 Å². The van der Waals surface area contributed by atoms with Crippen molar-refractivity contribution in [2.75, 3.05) is 40.3 Å². The van der Waals surface area contributed by atoms with Crippen LogP contribution in [0.5, 0.6) is 0 Å². The number of likely N-dealkylation sites (N-methyl/N-ethyl adjacent to an activating group) is 2. The highest BCUT2D eigenvalue weighted by molar-refractivity contribution is 5.98. The molecular formula is C15H25N5O. The Labute approximate surface area is 126 Å². The van der Waals surface area contributed by atoms with E-state index in [9.17, 15) is 0 Å². The molecular weight excluding hydrogens is 266 g/mol. The first-order valence-electron chi connectivity index (χ1n) is 7.27. The number of piperazine rings is 1. The third-order valence-electron chi connectivity index (χ3n) is 4.08. The van der Waals surface area contributed by atoms with Gasteiger partial charge >= 0.3 is 0 Å². The number of nitrogens with two attached hydrogens (primary N) is 1. The van der Waals surface area contributed by atoms with Gasteiger partial charge in [0.15, 0.2) is 5.84 Å². The van der Waals surface area contributed by atoms with E-state index < -0.39 is 0 Å². The lowest BCUT2D eigenvalue weighted by Gasteiger charge is -2.37. The molecule has 1 fully saturated rings. The van der Waals surface area contributed by atoms with Crippen molar-refractivity contribution >= 4 is 5.84 Å². The molecule has 0 radical (unpaired) electrons. The van der Waals surface area contributed by atoms with Crippen molar-refractivity contribution in [2.24, 2.45) is 10.9 Å². The predicted octanol–water partition coefficient (Wildman–Crippen LogP) is 0.117. The molecule has 0 saturated carbocycles. The Morgan fingerprint density at radius 2 is 2.14 bits per heavy atom. The van der Waals surface area contributed by atoms with E-state index in [1.165, 1.54) is 0 Å². The Hall–Kier alpha value is -1.63. The normalized spacial score (nSPS) is 21.6. The first kappa shape index (κ1) is 15.8. The summed E-state index contributed by atoms with van der Waals surface area (Å²) in [5.41, 5.74) is 7.53. The molecule has 0 aromatic heterocycles. The molecule has 0 spiro atoms. The molecule has 1 aliphatic heterocycles. The molecule has 0 aliphatic carbocycles. The molecule has 1 atom stereocenters. The van der Waals surface area contributed by atoms with Crippen LogP contribution in [0, 0.1) is 0 Å². The highest BCUT2D eigenvalue weighted by atomic mass is 16.4. The summed E-state index contributed by atoms with van der Waals surface area (Å²) >= 11 is 0. The van der Waals surface area contributed by atoms with Crippen LogP contribution in [0.25, 0.3) is 0 Å².